The van der Waals surface area contributed by atoms with Crippen LogP contribution in [0.25, 0.3) is 11.1 Å². The standard InChI is InChI=1S/C36H49NO4/c1-7-8-9-10-17-36(32-24-27(2)11-14-30(32)31-15-12-28(3)25-33(31)36)29-13-16-35(34(26-29)37(4)5)41-23-22-40-21-20-39-19-18-38-6/h11-16,24-26H,7-10,17-23H2,1-6H3. The van der Waals surface area contributed by atoms with Gasteiger partial charge in [0.1, 0.15) is 12.4 Å². The van der Waals surface area contributed by atoms with E-state index in [9.17, 15) is 0 Å². The van der Waals surface area contributed by atoms with Gasteiger partial charge < -0.3 is 23.8 Å². The maximum Gasteiger partial charge on any atom is 0.142 e. The summed E-state index contributed by atoms with van der Waals surface area (Å²) in [6.07, 6.45) is 6.04. The lowest BCUT2D eigenvalue weighted by atomic mass is 9.68. The summed E-state index contributed by atoms with van der Waals surface area (Å²) in [5.74, 6) is 0.881. The second-order valence-electron chi connectivity index (χ2n) is 11.5. The van der Waals surface area contributed by atoms with E-state index in [2.05, 4.69) is 94.4 Å². The molecule has 5 heteroatoms. The summed E-state index contributed by atoms with van der Waals surface area (Å²) >= 11 is 0. The normalized spacial score (nSPS) is 13.2. The van der Waals surface area contributed by atoms with Gasteiger partial charge in [-0.2, -0.15) is 0 Å². The third kappa shape index (κ3) is 7.14. The summed E-state index contributed by atoms with van der Waals surface area (Å²) in [7, 11) is 5.86. The number of anilines is 1. The minimum absolute atomic E-state index is 0.189. The molecule has 0 unspecified atom stereocenters. The summed E-state index contributed by atoms with van der Waals surface area (Å²) in [5, 5.41) is 0. The van der Waals surface area contributed by atoms with E-state index >= 15 is 0 Å². The van der Waals surface area contributed by atoms with Gasteiger partial charge in [-0.15, -0.1) is 0 Å². The first-order chi connectivity index (χ1) is 19.9. The molecule has 222 valence electrons. The van der Waals surface area contributed by atoms with Crippen LogP contribution in [0.2, 0.25) is 0 Å². The number of ether oxygens (including phenoxy) is 4. The van der Waals surface area contributed by atoms with Crippen LogP contribution >= 0.6 is 0 Å². The van der Waals surface area contributed by atoms with Crippen molar-refractivity contribution in [3.63, 3.8) is 0 Å². The fourth-order valence-electron chi connectivity index (χ4n) is 6.11. The van der Waals surface area contributed by atoms with Gasteiger partial charge in [0.2, 0.25) is 0 Å². The average molecular weight is 560 g/mol. The molecular weight excluding hydrogens is 510 g/mol. The molecule has 0 atom stereocenters. The quantitative estimate of drug-likeness (QED) is 0.158. The number of hydrogen-bond donors (Lipinski definition) is 0. The van der Waals surface area contributed by atoms with Gasteiger partial charge in [-0.25, -0.2) is 0 Å². The molecule has 0 fully saturated rings. The highest BCUT2D eigenvalue weighted by atomic mass is 16.6. The molecule has 1 aliphatic carbocycles. The van der Waals surface area contributed by atoms with Crippen LogP contribution in [0.4, 0.5) is 5.69 Å². The van der Waals surface area contributed by atoms with Crippen molar-refractivity contribution in [1.29, 1.82) is 0 Å². The Morgan fingerprint density at radius 3 is 1.88 bits per heavy atom. The summed E-state index contributed by atoms with van der Waals surface area (Å²) in [4.78, 5) is 2.16. The second kappa shape index (κ2) is 14.9. The first-order valence-electron chi connectivity index (χ1n) is 15.2. The zero-order valence-electron chi connectivity index (χ0n) is 26.1. The van der Waals surface area contributed by atoms with E-state index in [1.54, 1.807) is 7.11 Å². The predicted molar refractivity (Wildman–Crippen MR) is 170 cm³/mol. The SMILES string of the molecule is CCCCCCC1(c2ccc(OCCOCCOCCOC)c(N(C)C)c2)c2cc(C)ccc2-c2ccc(C)cc21. The molecule has 4 rings (SSSR count). The zero-order chi connectivity index (χ0) is 29.2. The van der Waals surface area contributed by atoms with Gasteiger partial charge in [-0.1, -0.05) is 86.2 Å². The molecule has 0 saturated carbocycles. The molecule has 3 aromatic carbocycles. The lowest BCUT2D eigenvalue weighted by Crippen LogP contribution is -2.28. The molecule has 0 aliphatic heterocycles. The molecule has 0 bridgehead atoms. The highest BCUT2D eigenvalue weighted by Crippen LogP contribution is 2.56. The number of methoxy groups -OCH3 is 1. The van der Waals surface area contributed by atoms with Crippen LogP contribution in [0.3, 0.4) is 0 Å². The van der Waals surface area contributed by atoms with Crippen LogP contribution in [0.5, 0.6) is 5.75 Å². The maximum absolute atomic E-state index is 6.26. The monoisotopic (exact) mass is 559 g/mol. The zero-order valence-corrected chi connectivity index (χ0v) is 26.1. The van der Waals surface area contributed by atoms with E-state index in [0.717, 1.165) is 17.9 Å². The van der Waals surface area contributed by atoms with Crippen LogP contribution < -0.4 is 9.64 Å². The van der Waals surface area contributed by atoms with Gasteiger partial charge >= 0.3 is 0 Å². The lowest BCUT2D eigenvalue weighted by Gasteiger charge is -2.35. The van der Waals surface area contributed by atoms with Crippen molar-refractivity contribution in [3.8, 4) is 16.9 Å². The molecule has 0 N–H and O–H groups in total. The van der Waals surface area contributed by atoms with E-state index in [4.69, 9.17) is 18.9 Å². The average Bonchev–Trinajstić information content (AvgIpc) is 3.23. The largest absolute Gasteiger partial charge is 0.489 e. The van der Waals surface area contributed by atoms with E-state index < -0.39 is 0 Å². The third-order valence-electron chi connectivity index (χ3n) is 8.19. The topological polar surface area (TPSA) is 40.2 Å². The van der Waals surface area contributed by atoms with E-state index in [0.29, 0.717) is 39.6 Å². The molecule has 0 radical (unpaired) electrons. The first-order valence-corrected chi connectivity index (χ1v) is 15.2. The van der Waals surface area contributed by atoms with Crippen molar-refractivity contribution >= 4 is 5.69 Å². The number of benzene rings is 3. The number of unbranched alkanes of at least 4 members (excludes halogenated alkanes) is 3. The van der Waals surface area contributed by atoms with Gasteiger partial charge in [0, 0.05) is 26.6 Å². The Kier molecular flexibility index (Phi) is 11.3. The van der Waals surface area contributed by atoms with Gasteiger partial charge in [0.15, 0.2) is 0 Å². The number of fused-ring (bicyclic) bond motifs is 3. The van der Waals surface area contributed by atoms with Crippen LogP contribution in [0.1, 0.15) is 66.8 Å². The Morgan fingerprint density at radius 2 is 1.29 bits per heavy atom. The summed E-state index contributed by atoms with van der Waals surface area (Å²) in [5.41, 5.74) is 10.5. The minimum atomic E-state index is -0.189. The highest BCUT2D eigenvalue weighted by Gasteiger charge is 2.44. The Balaban J connectivity index is 1.64. The molecule has 0 amide bonds. The van der Waals surface area contributed by atoms with Crippen LogP contribution in [-0.2, 0) is 19.6 Å². The van der Waals surface area contributed by atoms with Gasteiger partial charge in [-0.05, 0) is 60.2 Å². The maximum atomic E-state index is 6.26. The molecule has 0 aromatic heterocycles. The highest BCUT2D eigenvalue weighted by molar-refractivity contribution is 5.84. The van der Waals surface area contributed by atoms with Crippen molar-refractivity contribution in [2.75, 3.05) is 65.7 Å². The van der Waals surface area contributed by atoms with Crippen molar-refractivity contribution < 1.29 is 18.9 Å². The van der Waals surface area contributed by atoms with E-state index in [1.807, 2.05) is 0 Å². The molecule has 41 heavy (non-hydrogen) atoms. The second-order valence-corrected chi connectivity index (χ2v) is 11.5. The van der Waals surface area contributed by atoms with Crippen molar-refractivity contribution in [2.45, 2.75) is 58.3 Å². The molecule has 3 aromatic rings. The third-order valence-corrected chi connectivity index (χ3v) is 8.19. The Morgan fingerprint density at radius 1 is 0.683 bits per heavy atom. The summed E-state index contributed by atoms with van der Waals surface area (Å²) in [6.45, 7) is 10.0. The Bertz CT molecular complexity index is 1220. The molecule has 0 spiro atoms. The van der Waals surface area contributed by atoms with Crippen LogP contribution in [-0.4, -0.2) is 60.8 Å². The van der Waals surface area contributed by atoms with Crippen LogP contribution in [0, 0.1) is 13.8 Å². The molecule has 1 aliphatic rings. The molecule has 0 heterocycles. The van der Waals surface area contributed by atoms with Crippen LogP contribution in [0.15, 0.2) is 54.6 Å². The van der Waals surface area contributed by atoms with Gasteiger partial charge in [0.25, 0.3) is 0 Å². The van der Waals surface area contributed by atoms with Crippen molar-refractivity contribution in [1.82, 2.24) is 0 Å². The number of aryl methyl sites for hydroxylation is 2. The molecular formula is C36H49NO4. The Labute approximate surface area is 247 Å². The van der Waals surface area contributed by atoms with Gasteiger partial charge in [-0.3, -0.25) is 0 Å². The lowest BCUT2D eigenvalue weighted by molar-refractivity contribution is 0.0180. The summed E-state index contributed by atoms with van der Waals surface area (Å²) < 4.78 is 22.4. The number of hydrogen-bond acceptors (Lipinski definition) is 5. The van der Waals surface area contributed by atoms with Gasteiger partial charge in [0.05, 0.1) is 38.7 Å². The van der Waals surface area contributed by atoms with E-state index in [-0.39, 0.29) is 5.41 Å². The van der Waals surface area contributed by atoms with E-state index in [1.165, 1.54) is 64.6 Å². The number of rotatable bonds is 17. The fourth-order valence-corrected chi connectivity index (χ4v) is 6.11. The summed E-state index contributed by atoms with van der Waals surface area (Å²) in [6, 6.07) is 20.9. The smallest absolute Gasteiger partial charge is 0.142 e. The van der Waals surface area contributed by atoms with Crippen molar-refractivity contribution in [3.05, 3.63) is 82.4 Å². The van der Waals surface area contributed by atoms with Crippen molar-refractivity contribution in [2.24, 2.45) is 0 Å². The number of nitrogens with zero attached hydrogens (tertiary/aromatic N) is 1. The predicted octanol–water partition coefficient (Wildman–Crippen LogP) is 7.71. The molecule has 5 nitrogen and oxygen atoms in total. The minimum Gasteiger partial charge on any atom is -0.489 e. The molecule has 0 saturated heterocycles. The fraction of sp³-hybridized carbons (Fsp3) is 0.500. The first kappa shape index (κ1) is 31.1. The Hall–Kier alpha value is -2.86.